The lowest BCUT2D eigenvalue weighted by atomic mass is 10.1. The summed E-state index contributed by atoms with van der Waals surface area (Å²) in [6.45, 7) is 3.79. The molecule has 0 aliphatic rings. The molecule has 7 nitrogen and oxygen atoms in total. The normalized spacial score (nSPS) is 12.0. The Morgan fingerprint density at radius 2 is 1.71 bits per heavy atom. The van der Waals surface area contributed by atoms with Gasteiger partial charge in [0.15, 0.2) is 6.61 Å². The van der Waals surface area contributed by atoms with Crippen LogP contribution in [0.15, 0.2) is 71.6 Å². The van der Waals surface area contributed by atoms with Crippen LogP contribution in [0.25, 0.3) is 0 Å². The number of rotatable bonds is 10. The maximum Gasteiger partial charge on any atom is 0.261 e. The van der Waals surface area contributed by atoms with E-state index < -0.39 is 15.9 Å². The van der Waals surface area contributed by atoms with E-state index in [1.807, 2.05) is 6.92 Å². The van der Waals surface area contributed by atoms with Crippen molar-refractivity contribution in [2.24, 2.45) is 0 Å². The third kappa shape index (κ3) is 6.85. The van der Waals surface area contributed by atoms with Crippen LogP contribution in [0.1, 0.15) is 25.5 Å². The van der Waals surface area contributed by atoms with Gasteiger partial charge in [0.1, 0.15) is 17.3 Å². The van der Waals surface area contributed by atoms with Gasteiger partial charge in [-0.1, -0.05) is 23.7 Å². The minimum absolute atomic E-state index is 0.0361. The van der Waals surface area contributed by atoms with Crippen molar-refractivity contribution in [3.05, 3.63) is 83.1 Å². The Morgan fingerprint density at radius 1 is 1.03 bits per heavy atom. The Hall–Kier alpha value is -3.30. The topological polar surface area (TPSA) is 93.7 Å². The summed E-state index contributed by atoms with van der Waals surface area (Å²) in [5.74, 6) is 0.0134. The largest absolute Gasteiger partial charge is 0.494 e. The molecule has 0 saturated heterocycles. The molecule has 3 rings (SSSR count). The molecule has 34 heavy (non-hydrogen) atoms. The highest BCUT2D eigenvalue weighted by atomic mass is 35.5. The van der Waals surface area contributed by atoms with Crippen molar-refractivity contribution < 1.29 is 27.1 Å². The zero-order valence-electron chi connectivity index (χ0n) is 18.5. The Labute approximate surface area is 202 Å². The quantitative estimate of drug-likeness (QED) is 0.406. The van der Waals surface area contributed by atoms with Gasteiger partial charge in [0.05, 0.1) is 22.6 Å². The van der Waals surface area contributed by atoms with Crippen LogP contribution in [0.4, 0.5) is 10.1 Å². The van der Waals surface area contributed by atoms with E-state index in [4.69, 9.17) is 21.1 Å². The average Bonchev–Trinajstić information content (AvgIpc) is 2.80. The van der Waals surface area contributed by atoms with Gasteiger partial charge in [-0.15, -0.1) is 0 Å². The molecule has 0 aromatic heterocycles. The Kier molecular flexibility index (Phi) is 8.36. The van der Waals surface area contributed by atoms with Crippen LogP contribution in [-0.4, -0.2) is 27.5 Å². The van der Waals surface area contributed by atoms with E-state index in [2.05, 4.69) is 10.0 Å². The van der Waals surface area contributed by atoms with Crippen LogP contribution < -0.4 is 19.5 Å². The van der Waals surface area contributed by atoms with Crippen molar-refractivity contribution in [1.82, 2.24) is 5.32 Å². The minimum atomic E-state index is -3.90. The minimum Gasteiger partial charge on any atom is -0.494 e. The molecule has 1 atom stereocenters. The molecular formula is C24H24ClFN2O5S. The third-order valence-electron chi connectivity index (χ3n) is 4.74. The second kappa shape index (κ2) is 11.2. The van der Waals surface area contributed by atoms with Gasteiger partial charge >= 0.3 is 0 Å². The van der Waals surface area contributed by atoms with E-state index in [1.54, 1.807) is 43.3 Å². The molecule has 2 N–H and O–H groups in total. The highest BCUT2D eigenvalue weighted by Crippen LogP contribution is 2.28. The van der Waals surface area contributed by atoms with E-state index in [1.165, 1.54) is 30.3 Å². The van der Waals surface area contributed by atoms with Crippen LogP contribution >= 0.6 is 11.6 Å². The number of halogens is 2. The number of hydrogen-bond acceptors (Lipinski definition) is 5. The number of carbonyl (C=O) groups is 1. The van der Waals surface area contributed by atoms with Gasteiger partial charge in [-0.05, 0) is 74.0 Å². The van der Waals surface area contributed by atoms with Crippen LogP contribution in [0.3, 0.4) is 0 Å². The van der Waals surface area contributed by atoms with Gasteiger partial charge in [-0.25, -0.2) is 12.8 Å². The fourth-order valence-corrected chi connectivity index (χ4v) is 4.41. The molecular weight excluding hydrogens is 483 g/mol. The summed E-state index contributed by atoms with van der Waals surface area (Å²) in [7, 11) is -3.90. The molecule has 0 heterocycles. The summed E-state index contributed by atoms with van der Waals surface area (Å²) in [5, 5.41) is 2.77. The van der Waals surface area contributed by atoms with Gasteiger partial charge in [0.25, 0.3) is 15.9 Å². The monoisotopic (exact) mass is 506 g/mol. The number of ether oxygens (including phenoxy) is 2. The van der Waals surface area contributed by atoms with Gasteiger partial charge in [0.2, 0.25) is 0 Å². The van der Waals surface area contributed by atoms with Crippen molar-refractivity contribution in [1.29, 1.82) is 0 Å². The van der Waals surface area contributed by atoms with E-state index in [9.17, 15) is 17.6 Å². The smallest absolute Gasteiger partial charge is 0.261 e. The van der Waals surface area contributed by atoms with Crippen LogP contribution in [-0.2, 0) is 14.8 Å². The van der Waals surface area contributed by atoms with Crippen molar-refractivity contribution in [3.63, 3.8) is 0 Å². The van der Waals surface area contributed by atoms with Gasteiger partial charge in [-0.3, -0.25) is 9.52 Å². The summed E-state index contributed by atoms with van der Waals surface area (Å²) in [4.78, 5) is 12.1. The standard InChI is InChI=1S/C24H24ClFN2O5S/c1-3-32-20-10-8-19(9-11-20)28-34(30,31)21-12-13-23(22(25)14-21)33-15-24(29)27-16(2)17-4-6-18(26)7-5-17/h4-14,16,28H,3,15H2,1-2H3,(H,27,29)/t16-/m1/s1. The summed E-state index contributed by atoms with van der Waals surface area (Å²) < 4.78 is 51.7. The first-order valence-electron chi connectivity index (χ1n) is 10.4. The summed E-state index contributed by atoms with van der Waals surface area (Å²) in [6.07, 6.45) is 0. The zero-order chi connectivity index (χ0) is 24.7. The number of carbonyl (C=O) groups excluding carboxylic acids is 1. The molecule has 10 heteroatoms. The lowest BCUT2D eigenvalue weighted by molar-refractivity contribution is -0.123. The lowest BCUT2D eigenvalue weighted by Gasteiger charge is -2.15. The SMILES string of the molecule is CCOc1ccc(NS(=O)(=O)c2ccc(OCC(=O)N[C@H](C)c3ccc(F)cc3)c(Cl)c2)cc1. The first-order chi connectivity index (χ1) is 16.2. The Morgan fingerprint density at radius 3 is 2.32 bits per heavy atom. The molecule has 0 radical (unpaired) electrons. The summed E-state index contributed by atoms with van der Waals surface area (Å²) in [6, 6.07) is 15.9. The van der Waals surface area contributed by atoms with Gasteiger partial charge < -0.3 is 14.8 Å². The molecule has 1 amide bonds. The average molecular weight is 507 g/mol. The zero-order valence-corrected chi connectivity index (χ0v) is 20.1. The maximum absolute atomic E-state index is 13.0. The molecule has 180 valence electrons. The lowest BCUT2D eigenvalue weighted by Crippen LogP contribution is -2.31. The van der Waals surface area contributed by atoms with Crippen molar-refractivity contribution in [3.8, 4) is 11.5 Å². The van der Waals surface area contributed by atoms with Gasteiger partial charge in [-0.2, -0.15) is 0 Å². The van der Waals surface area contributed by atoms with Crippen LogP contribution in [0.5, 0.6) is 11.5 Å². The second-order valence-electron chi connectivity index (χ2n) is 7.28. The molecule has 0 aliphatic carbocycles. The number of nitrogens with one attached hydrogen (secondary N) is 2. The van der Waals surface area contributed by atoms with E-state index >= 15 is 0 Å². The van der Waals surface area contributed by atoms with Crippen molar-refractivity contribution in [2.45, 2.75) is 24.8 Å². The fraction of sp³-hybridized carbons (Fsp3) is 0.208. The molecule has 0 aliphatic heterocycles. The van der Waals surface area contributed by atoms with Crippen molar-refractivity contribution >= 4 is 33.2 Å². The first-order valence-corrected chi connectivity index (χ1v) is 12.3. The first kappa shape index (κ1) is 25.3. The fourth-order valence-electron chi connectivity index (χ4n) is 3.03. The highest BCUT2D eigenvalue weighted by Gasteiger charge is 2.17. The predicted molar refractivity (Wildman–Crippen MR) is 128 cm³/mol. The number of sulfonamides is 1. The third-order valence-corrected chi connectivity index (χ3v) is 6.41. The van der Waals surface area contributed by atoms with Crippen LogP contribution in [0.2, 0.25) is 5.02 Å². The molecule has 0 fully saturated rings. The maximum atomic E-state index is 13.0. The van der Waals surface area contributed by atoms with E-state index in [0.717, 1.165) is 5.56 Å². The van der Waals surface area contributed by atoms with Crippen molar-refractivity contribution in [2.75, 3.05) is 17.9 Å². The van der Waals surface area contributed by atoms with E-state index in [-0.39, 0.29) is 34.1 Å². The van der Waals surface area contributed by atoms with Crippen LogP contribution in [0, 0.1) is 5.82 Å². The molecule has 3 aromatic carbocycles. The number of amides is 1. The predicted octanol–water partition coefficient (Wildman–Crippen LogP) is 4.93. The number of anilines is 1. The molecule has 0 spiro atoms. The summed E-state index contributed by atoms with van der Waals surface area (Å²) in [5.41, 5.74) is 1.11. The molecule has 0 bridgehead atoms. The number of benzene rings is 3. The molecule has 3 aromatic rings. The molecule has 0 saturated carbocycles. The Bertz CT molecular complexity index is 1240. The van der Waals surface area contributed by atoms with Gasteiger partial charge in [0, 0.05) is 5.69 Å². The number of hydrogen-bond donors (Lipinski definition) is 2. The summed E-state index contributed by atoms with van der Waals surface area (Å²) >= 11 is 6.19. The highest BCUT2D eigenvalue weighted by molar-refractivity contribution is 7.92. The molecule has 0 unspecified atom stereocenters. The second-order valence-corrected chi connectivity index (χ2v) is 9.37. The Balaban J connectivity index is 1.59. The van der Waals surface area contributed by atoms with E-state index in [0.29, 0.717) is 18.0 Å².